The van der Waals surface area contributed by atoms with Crippen LogP contribution in [0, 0.1) is 0 Å². The summed E-state index contributed by atoms with van der Waals surface area (Å²) in [6.45, 7) is 2.72. The zero-order valence-electron chi connectivity index (χ0n) is 14.7. The number of morpholine rings is 1. The second kappa shape index (κ2) is 7.85. The number of rotatable bonds is 5. The summed E-state index contributed by atoms with van der Waals surface area (Å²) in [7, 11) is -2.80. The number of carbonyl (C=O) groups excluding carboxylic acids is 1. The van der Waals surface area contributed by atoms with Gasteiger partial charge in [-0.1, -0.05) is 6.07 Å². The van der Waals surface area contributed by atoms with Crippen LogP contribution < -0.4 is 9.62 Å². The van der Waals surface area contributed by atoms with Gasteiger partial charge in [-0.15, -0.1) is 0 Å². The molecular formula is C18H20N2O6S. The molecule has 1 aliphatic heterocycles. The van der Waals surface area contributed by atoms with E-state index in [2.05, 4.69) is 14.4 Å². The number of phenolic OH excluding ortho intramolecular Hbond substituents is 1. The van der Waals surface area contributed by atoms with Gasteiger partial charge in [-0.3, -0.25) is 4.72 Å². The van der Waals surface area contributed by atoms with Crippen molar-refractivity contribution in [2.75, 3.05) is 43.0 Å². The minimum atomic E-state index is -3.95. The molecule has 2 aromatic rings. The Labute approximate surface area is 157 Å². The number of sulfonamides is 1. The molecule has 0 radical (unpaired) electrons. The van der Waals surface area contributed by atoms with Crippen molar-refractivity contribution < 1.29 is 27.8 Å². The molecule has 9 heteroatoms. The van der Waals surface area contributed by atoms with Crippen molar-refractivity contribution in [3.63, 3.8) is 0 Å². The van der Waals surface area contributed by atoms with Crippen molar-refractivity contribution in [3.8, 4) is 5.75 Å². The van der Waals surface area contributed by atoms with E-state index in [-0.39, 0.29) is 16.2 Å². The maximum atomic E-state index is 12.7. The average molecular weight is 392 g/mol. The van der Waals surface area contributed by atoms with Gasteiger partial charge in [0, 0.05) is 18.8 Å². The fourth-order valence-electron chi connectivity index (χ4n) is 2.76. The minimum Gasteiger partial charge on any atom is -0.507 e. The van der Waals surface area contributed by atoms with Crippen LogP contribution in [0.15, 0.2) is 47.4 Å². The third-order valence-corrected chi connectivity index (χ3v) is 5.54. The van der Waals surface area contributed by atoms with Crippen LogP contribution in [0.2, 0.25) is 0 Å². The first-order valence-electron chi connectivity index (χ1n) is 8.27. The molecule has 144 valence electrons. The topological polar surface area (TPSA) is 105 Å². The summed E-state index contributed by atoms with van der Waals surface area (Å²) in [5.74, 6) is -1.17. The van der Waals surface area contributed by atoms with Gasteiger partial charge in [0.25, 0.3) is 10.0 Å². The number of benzene rings is 2. The predicted octanol–water partition coefficient (Wildman–Crippen LogP) is 1.82. The van der Waals surface area contributed by atoms with Crippen molar-refractivity contribution in [3.05, 3.63) is 48.0 Å². The normalized spacial score (nSPS) is 14.6. The lowest BCUT2D eigenvalue weighted by molar-refractivity contribution is 0.0597. The summed E-state index contributed by atoms with van der Waals surface area (Å²) in [5.41, 5.74) is 1.06. The lowest BCUT2D eigenvalue weighted by atomic mass is 10.2. The summed E-state index contributed by atoms with van der Waals surface area (Å²) >= 11 is 0. The summed E-state index contributed by atoms with van der Waals surface area (Å²) < 4.78 is 37.8. The molecule has 2 aromatic carbocycles. The Kier molecular flexibility index (Phi) is 5.52. The number of carbonyl (C=O) groups is 1. The maximum absolute atomic E-state index is 12.7. The molecule has 0 aliphatic carbocycles. The van der Waals surface area contributed by atoms with Crippen molar-refractivity contribution in [1.82, 2.24) is 0 Å². The molecule has 0 amide bonds. The van der Waals surface area contributed by atoms with E-state index in [0.717, 1.165) is 38.0 Å². The number of hydrogen-bond donors (Lipinski definition) is 2. The van der Waals surface area contributed by atoms with Gasteiger partial charge in [-0.25, -0.2) is 13.2 Å². The number of methoxy groups -OCH3 is 1. The van der Waals surface area contributed by atoms with E-state index >= 15 is 0 Å². The molecule has 1 heterocycles. The maximum Gasteiger partial charge on any atom is 0.341 e. The fraction of sp³-hybridized carbons (Fsp3) is 0.278. The Hall–Kier alpha value is -2.78. The van der Waals surface area contributed by atoms with Crippen LogP contribution in [0.25, 0.3) is 0 Å². The summed E-state index contributed by atoms with van der Waals surface area (Å²) in [6, 6.07) is 10.5. The van der Waals surface area contributed by atoms with Gasteiger partial charge in [0.1, 0.15) is 11.3 Å². The van der Waals surface area contributed by atoms with E-state index in [1.54, 1.807) is 18.2 Å². The van der Waals surface area contributed by atoms with Gasteiger partial charge in [0.15, 0.2) is 0 Å². The standard InChI is InChI=1S/C18H20N2O6S/c1-25-18(22)16-12-15(5-6-17(16)21)27(23,24)19-13-3-2-4-14(11-13)20-7-9-26-10-8-20/h2-6,11-12,19,21H,7-10H2,1H3. The number of aromatic hydroxyl groups is 1. The molecular weight excluding hydrogens is 372 g/mol. The fourth-order valence-corrected chi connectivity index (χ4v) is 3.83. The van der Waals surface area contributed by atoms with E-state index in [4.69, 9.17) is 4.74 Å². The van der Waals surface area contributed by atoms with Crippen LogP contribution in [-0.4, -0.2) is 52.9 Å². The average Bonchev–Trinajstić information content (AvgIpc) is 2.68. The van der Waals surface area contributed by atoms with E-state index in [9.17, 15) is 18.3 Å². The Morgan fingerprint density at radius 1 is 1.19 bits per heavy atom. The van der Waals surface area contributed by atoms with E-state index in [0.29, 0.717) is 18.9 Å². The number of esters is 1. The molecule has 1 saturated heterocycles. The van der Waals surface area contributed by atoms with Crippen LogP contribution in [-0.2, 0) is 19.5 Å². The zero-order chi connectivity index (χ0) is 19.4. The van der Waals surface area contributed by atoms with Gasteiger partial charge in [-0.05, 0) is 36.4 Å². The quantitative estimate of drug-likeness (QED) is 0.748. The first-order chi connectivity index (χ1) is 12.9. The lowest BCUT2D eigenvalue weighted by Gasteiger charge is -2.29. The molecule has 8 nitrogen and oxygen atoms in total. The molecule has 1 fully saturated rings. The van der Waals surface area contributed by atoms with E-state index < -0.39 is 16.0 Å². The largest absolute Gasteiger partial charge is 0.507 e. The molecule has 1 aliphatic rings. The third-order valence-electron chi connectivity index (χ3n) is 4.16. The number of anilines is 2. The smallest absolute Gasteiger partial charge is 0.341 e. The van der Waals surface area contributed by atoms with E-state index in [1.807, 2.05) is 6.07 Å². The molecule has 0 bridgehead atoms. The highest BCUT2D eigenvalue weighted by molar-refractivity contribution is 7.92. The Morgan fingerprint density at radius 2 is 1.93 bits per heavy atom. The van der Waals surface area contributed by atoms with Crippen LogP contribution in [0.3, 0.4) is 0 Å². The molecule has 0 spiro atoms. The summed E-state index contributed by atoms with van der Waals surface area (Å²) in [6.07, 6.45) is 0. The highest BCUT2D eigenvalue weighted by Crippen LogP contribution is 2.26. The zero-order valence-corrected chi connectivity index (χ0v) is 15.5. The van der Waals surface area contributed by atoms with Crippen LogP contribution in [0.5, 0.6) is 5.75 Å². The molecule has 0 aromatic heterocycles. The highest BCUT2D eigenvalue weighted by Gasteiger charge is 2.20. The Balaban J connectivity index is 1.85. The number of nitrogens with zero attached hydrogens (tertiary/aromatic N) is 1. The number of phenols is 1. The lowest BCUT2D eigenvalue weighted by Crippen LogP contribution is -2.36. The number of nitrogens with one attached hydrogen (secondary N) is 1. The number of ether oxygens (including phenoxy) is 2. The van der Waals surface area contributed by atoms with E-state index in [1.165, 1.54) is 6.07 Å². The molecule has 0 unspecified atom stereocenters. The molecule has 27 heavy (non-hydrogen) atoms. The van der Waals surface area contributed by atoms with Crippen molar-refractivity contribution in [2.45, 2.75) is 4.90 Å². The molecule has 2 N–H and O–H groups in total. The first kappa shape index (κ1) is 19.0. The Bertz CT molecular complexity index is 939. The predicted molar refractivity (Wildman–Crippen MR) is 99.7 cm³/mol. The van der Waals surface area contributed by atoms with Crippen molar-refractivity contribution >= 4 is 27.4 Å². The number of hydrogen-bond acceptors (Lipinski definition) is 7. The Morgan fingerprint density at radius 3 is 2.63 bits per heavy atom. The monoisotopic (exact) mass is 392 g/mol. The van der Waals surface area contributed by atoms with Gasteiger partial charge in [0.05, 0.1) is 30.9 Å². The van der Waals surface area contributed by atoms with Crippen molar-refractivity contribution in [2.24, 2.45) is 0 Å². The van der Waals surface area contributed by atoms with Gasteiger partial charge < -0.3 is 19.5 Å². The second-order valence-corrected chi connectivity index (χ2v) is 7.61. The van der Waals surface area contributed by atoms with Gasteiger partial charge >= 0.3 is 5.97 Å². The summed E-state index contributed by atoms with van der Waals surface area (Å²) in [5, 5.41) is 9.74. The van der Waals surface area contributed by atoms with Crippen LogP contribution in [0.4, 0.5) is 11.4 Å². The molecule has 3 rings (SSSR count). The van der Waals surface area contributed by atoms with Crippen LogP contribution in [0.1, 0.15) is 10.4 Å². The van der Waals surface area contributed by atoms with Gasteiger partial charge in [-0.2, -0.15) is 0 Å². The summed E-state index contributed by atoms with van der Waals surface area (Å²) in [4.78, 5) is 13.6. The highest BCUT2D eigenvalue weighted by atomic mass is 32.2. The SMILES string of the molecule is COC(=O)c1cc(S(=O)(=O)Nc2cccc(N3CCOCC3)c2)ccc1O. The third kappa shape index (κ3) is 4.32. The van der Waals surface area contributed by atoms with Crippen LogP contribution >= 0.6 is 0 Å². The minimum absolute atomic E-state index is 0.155. The molecule has 0 saturated carbocycles. The first-order valence-corrected chi connectivity index (χ1v) is 9.76. The molecule has 0 atom stereocenters. The van der Waals surface area contributed by atoms with Gasteiger partial charge in [0.2, 0.25) is 0 Å². The van der Waals surface area contributed by atoms with Crippen molar-refractivity contribution in [1.29, 1.82) is 0 Å². The second-order valence-electron chi connectivity index (χ2n) is 5.93.